The Morgan fingerprint density at radius 1 is 1.09 bits per heavy atom. The molecule has 0 aliphatic rings. The van der Waals surface area contributed by atoms with Crippen molar-refractivity contribution in [2.24, 2.45) is 0 Å². The van der Waals surface area contributed by atoms with Gasteiger partial charge in [0.1, 0.15) is 0 Å². The maximum absolute atomic E-state index is 13.0. The molecule has 4 aromatic rings. The summed E-state index contributed by atoms with van der Waals surface area (Å²) < 4.78 is 2.71. The van der Waals surface area contributed by atoms with Crippen LogP contribution in [0.2, 0.25) is 0 Å². The SMILES string of the molecule is Cc1ccc(C(=O)Nc2nc3c(s2)c(C(=O)NCc2cccnc2)cn3C(C)(C)C)cc1. The summed E-state index contributed by atoms with van der Waals surface area (Å²) in [5.74, 6) is -0.423. The molecule has 2 N–H and O–H groups in total. The Balaban J connectivity index is 1.63. The van der Waals surface area contributed by atoms with Crippen LogP contribution in [-0.4, -0.2) is 26.3 Å². The number of aryl methyl sites for hydroxylation is 1. The van der Waals surface area contributed by atoms with Crippen molar-refractivity contribution >= 4 is 38.6 Å². The van der Waals surface area contributed by atoms with Crippen molar-refractivity contribution in [1.29, 1.82) is 0 Å². The summed E-state index contributed by atoms with van der Waals surface area (Å²) in [7, 11) is 0. The molecule has 0 aliphatic carbocycles. The van der Waals surface area contributed by atoms with Crippen LogP contribution in [-0.2, 0) is 12.1 Å². The van der Waals surface area contributed by atoms with Crippen LogP contribution in [0.3, 0.4) is 0 Å². The van der Waals surface area contributed by atoms with Gasteiger partial charge in [0.15, 0.2) is 10.8 Å². The third-order valence-corrected chi connectivity index (χ3v) is 6.01. The molecule has 7 nitrogen and oxygen atoms in total. The van der Waals surface area contributed by atoms with Crippen molar-refractivity contribution in [3.05, 3.63) is 77.2 Å². The molecule has 0 radical (unpaired) electrons. The molecule has 0 bridgehead atoms. The molecule has 0 aliphatic heterocycles. The highest BCUT2D eigenvalue weighted by Crippen LogP contribution is 2.34. The van der Waals surface area contributed by atoms with E-state index in [4.69, 9.17) is 0 Å². The van der Waals surface area contributed by atoms with Gasteiger partial charge >= 0.3 is 0 Å². The molecule has 32 heavy (non-hydrogen) atoms. The van der Waals surface area contributed by atoms with Crippen LogP contribution in [0.25, 0.3) is 10.3 Å². The zero-order valence-electron chi connectivity index (χ0n) is 18.5. The lowest BCUT2D eigenvalue weighted by Crippen LogP contribution is -2.24. The van der Waals surface area contributed by atoms with E-state index in [0.29, 0.717) is 28.5 Å². The molecule has 3 heterocycles. The first kappa shape index (κ1) is 21.7. The average Bonchev–Trinajstić information content (AvgIpc) is 3.31. The molecule has 0 unspecified atom stereocenters. The number of rotatable bonds is 5. The smallest absolute Gasteiger partial charge is 0.257 e. The van der Waals surface area contributed by atoms with E-state index in [1.54, 1.807) is 24.5 Å². The average molecular weight is 448 g/mol. The first-order valence-electron chi connectivity index (χ1n) is 10.3. The maximum atomic E-state index is 13.0. The van der Waals surface area contributed by atoms with Crippen LogP contribution >= 0.6 is 11.3 Å². The molecule has 0 saturated carbocycles. The lowest BCUT2D eigenvalue weighted by atomic mass is 10.1. The molecule has 0 fully saturated rings. The fraction of sp³-hybridized carbons (Fsp3) is 0.250. The van der Waals surface area contributed by atoms with Crippen molar-refractivity contribution in [2.75, 3.05) is 5.32 Å². The minimum Gasteiger partial charge on any atom is -0.348 e. The van der Waals surface area contributed by atoms with Gasteiger partial charge in [-0.3, -0.25) is 19.9 Å². The zero-order valence-corrected chi connectivity index (χ0v) is 19.3. The number of fused-ring (bicyclic) bond motifs is 1. The number of aromatic nitrogens is 3. The van der Waals surface area contributed by atoms with E-state index in [-0.39, 0.29) is 17.4 Å². The molecule has 0 saturated heterocycles. The summed E-state index contributed by atoms with van der Waals surface area (Å²) in [6.45, 7) is 8.50. The van der Waals surface area contributed by atoms with Gasteiger partial charge in [0, 0.05) is 36.2 Å². The van der Waals surface area contributed by atoms with E-state index in [9.17, 15) is 9.59 Å². The van der Waals surface area contributed by atoms with Crippen LogP contribution in [0.4, 0.5) is 5.13 Å². The lowest BCUT2D eigenvalue weighted by molar-refractivity contribution is 0.0951. The molecular formula is C24H25N5O2S. The second-order valence-electron chi connectivity index (χ2n) is 8.62. The van der Waals surface area contributed by atoms with E-state index < -0.39 is 0 Å². The highest BCUT2D eigenvalue weighted by molar-refractivity contribution is 7.22. The fourth-order valence-electron chi connectivity index (χ4n) is 3.28. The summed E-state index contributed by atoms with van der Waals surface area (Å²) in [5.41, 5.74) is 3.49. The second kappa shape index (κ2) is 8.55. The predicted octanol–water partition coefficient (Wildman–Crippen LogP) is 4.74. The van der Waals surface area contributed by atoms with E-state index in [2.05, 4.69) is 20.6 Å². The number of nitrogens with zero attached hydrogens (tertiary/aromatic N) is 3. The molecule has 0 spiro atoms. The highest BCUT2D eigenvalue weighted by atomic mass is 32.1. The normalized spacial score (nSPS) is 11.5. The molecular weight excluding hydrogens is 422 g/mol. The number of thiazole rings is 1. The van der Waals surface area contributed by atoms with Gasteiger partial charge in [-0.15, -0.1) is 0 Å². The third-order valence-electron chi connectivity index (χ3n) is 5.02. The summed E-state index contributed by atoms with van der Waals surface area (Å²) >= 11 is 1.30. The van der Waals surface area contributed by atoms with Gasteiger partial charge in [-0.2, -0.15) is 0 Å². The van der Waals surface area contributed by atoms with Crippen LogP contribution in [0.1, 0.15) is 52.6 Å². The van der Waals surface area contributed by atoms with Crippen LogP contribution in [0.5, 0.6) is 0 Å². The quantitative estimate of drug-likeness (QED) is 0.463. The van der Waals surface area contributed by atoms with Crippen LogP contribution in [0.15, 0.2) is 55.0 Å². The number of hydrogen-bond donors (Lipinski definition) is 2. The van der Waals surface area contributed by atoms with Gasteiger partial charge in [0.25, 0.3) is 11.8 Å². The van der Waals surface area contributed by atoms with Crippen molar-refractivity contribution in [2.45, 2.75) is 39.8 Å². The standard InChI is InChI=1S/C24H25N5O2S/c1-15-7-9-17(10-8-15)21(30)28-23-27-20-19(32-23)18(14-29(20)24(2,3)4)22(31)26-13-16-6-5-11-25-12-16/h5-12,14H,13H2,1-4H3,(H,26,31)(H,27,28,30). The molecule has 164 valence electrons. The number of hydrogen-bond acceptors (Lipinski definition) is 5. The number of pyridine rings is 1. The molecule has 1 aromatic carbocycles. The largest absolute Gasteiger partial charge is 0.348 e. The first-order chi connectivity index (χ1) is 15.2. The van der Waals surface area contributed by atoms with Crippen LogP contribution < -0.4 is 10.6 Å². The predicted molar refractivity (Wildman–Crippen MR) is 127 cm³/mol. The summed E-state index contributed by atoms with van der Waals surface area (Å²) in [6.07, 6.45) is 5.25. The van der Waals surface area contributed by atoms with Gasteiger partial charge in [0.2, 0.25) is 0 Å². The lowest BCUT2D eigenvalue weighted by Gasteiger charge is -2.21. The minimum absolute atomic E-state index is 0.193. The Bertz CT molecular complexity index is 1270. The molecule has 3 aromatic heterocycles. The Hall–Kier alpha value is -3.52. The number of carbonyl (C=O) groups excluding carboxylic acids is 2. The van der Waals surface area contributed by atoms with Crippen molar-refractivity contribution < 1.29 is 9.59 Å². The number of nitrogens with one attached hydrogen (secondary N) is 2. The third kappa shape index (κ3) is 4.55. The highest BCUT2D eigenvalue weighted by Gasteiger charge is 2.25. The Kier molecular flexibility index (Phi) is 5.80. The van der Waals surface area contributed by atoms with E-state index in [0.717, 1.165) is 15.8 Å². The van der Waals surface area contributed by atoms with Crippen molar-refractivity contribution in [1.82, 2.24) is 19.9 Å². The van der Waals surface area contributed by atoms with Gasteiger partial charge in [0.05, 0.1) is 10.3 Å². The monoisotopic (exact) mass is 447 g/mol. The molecule has 2 amide bonds. The van der Waals surface area contributed by atoms with Crippen LogP contribution in [0, 0.1) is 6.92 Å². The van der Waals surface area contributed by atoms with Crippen molar-refractivity contribution in [3.63, 3.8) is 0 Å². The Morgan fingerprint density at radius 3 is 2.50 bits per heavy atom. The number of benzene rings is 1. The Labute approximate surface area is 190 Å². The van der Waals surface area contributed by atoms with E-state index in [1.165, 1.54) is 11.3 Å². The maximum Gasteiger partial charge on any atom is 0.257 e. The van der Waals surface area contributed by atoms with Gasteiger partial charge in [-0.05, 0) is 51.5 Å². The fourth-order valence-corrected chi connectivity index (χ4v) is 4.24. The van der Waals surface area contributed by atoms with Gasteiger partial charge in [-0.25, -0.2) is 4.98 Å². The summed E-state index contributed by atoms with van der Waals surface area (Å²) in [5, 5.41) is 6.28. The first-order valence-corrected chi connectivity index (χ1v) is 11.1. The summed E-state index contributed by atoms with van der Waals surface area (Å²) in [6, 6.07) is 11.1. The second-order valence-corrected chi connectivity index (χ2v) is 9.62. The van der Waals surface area contributed by atoms with E-state index in [1.807, 2.05) is 62.7 Å². The van der Waals surface area contributed by atoms with Crippen molar-refractivity contribution in [3.8, 4) is 0 Å². The minimum atomic E-state index is -0.285. The van der Waals surface area contributed by atoms with E-state index >= 15 is 0 Å². The van der Waals surface area contributed by atoms with Gasteiger partial charge < -0.3 is 9.88 Å². The molecule has 0 atom stereocenters. The van der Waals surface area contributed by atoms with Gasteiger partial charge in [-0.1, -0.05) is 35.1 Å². The zero-order chi connectivity index (χ0) is 22.9. The molecule has 8 heteroatoms. The number of amides is 2. The summed E-state index contributed by atoms with van der Waals surface area (Å²) in [4.78, 5) is 34.4. The number of carbonyl (C=O) groups is 2. The number of anilines is 1. The molecule has 4 rings (SSSR count). The topological polar surface area (TPSA) is 88.9 Å². The Morgan fingerprint density at radius 2 is 1.84 bits per heavy atom.